The number of aromatic nitrogens is 4. The number of amides is 1. The fraction of sp³-hybridized carbons (Fsp3) is 0.286. The van der Waals surface area contributed by atoms with Crippen LogP contribution in [0, 0.1) is 17.6 Å². The first-order valence-corrected chi connectivity index (χ1v) is 21.4. The van der Waals surface area contributed by atoms with E-state index in [9.17, 15) is 35.6 Å². The molecule has 3 aliphatic rings. The molecule has 2 aliphatic carbocycles. The van der Waals surface area contributed by atoms with Gasteiger partial charge in [0.2, 0.25) is 15.9 Å². The molecule has 3 heterocycles. The quantitative estimate of drug-likeness (QED) is 0.130. The van der Waals surface area contributed by atoms with Gasteiger partial charge in [0.25, 0.3) is 17.9 Å². The number of morpholine rings is 1. The second-order valence-electron chi connectivity index (χ2n) is 15.3. The summed E-state index contributed by atoms with van der Waals surface area (Å²) in [4.78, 5) is 33.5. The molecule has 1 saturated heterocycles. The topological polar surface area (TPSA) is 128 Å². The summed E-state index contributed by atoms with van der Waals surface area (Å²) in [6.07, 6.45) is -3.64. The highest BCUT2D eigenvalue weighted by Gasteiger charge is 2.67. The van der Waals surface area contributed by atoms with E-state index >= 15 is 8.78 Å². The molecule has 0 spiro atoms. The van der Waals surface area contributed by atoms with E-state index in [0.717, 1.165) is 16.7 Å². The lowest BCUT2D eigenvalue weighted by Gasteiger charge is -2.26. The number of sulfonamides is 1. The Hall–Kier alpha value is -5.27. The number of halogens is 8. The van der Waals surface area contributed by atoms with Crippen molar-refractivity contribution in [3.05, 3.63) is 139 Å². The molecule has 322 valence electrons. The van der Waals surface area contributed by atoms with Gasteiger partial charge in [0.05, 0.1) is 40.7 Å². The summed E-state index contributed by atoms with van der Waals surface area (Å²) < 4.78 is 124. The van der Waals surface area contributed by atoms with E-state index in [-0.39, 0.29) is 76.2 Å². The molecule has 0 bridgehead atoms. The van der Waals surface area contributed by atoms with Gasteiger partial charge in [-0.15, -0.1) is 0 Å². The summed E-state index contributed by atoms with van der Waals surface area (Å²) in [5.74, 6) is -8.76. The van der Waals surface area contributed by atoms with Crippen LogP contribution in [0.5, 0.6) is 0 Å². The molecule has 1 aliphatic heterocycles. The fourth-order valence-electron chi connectivity index (χ4n) is 8.41. The Bertz CT molecular complexity index is 2940. The monoisotopic (exact) mass is 916 g/mol. The number of carbonyl (C=O) groups excluding carboxylic acids is 1. The second-order valence-corrected chi connectivity index (χ2v) is 18.0. The van der Waals surface area contributed by atoms with Gasteiger partial charge in [0, 0.05) is 52.7 Å². The van der Waals surface area contributed by atoms with E-state index in [4.69, 9.17) is 32.9 Å². The zero-order valence-electron chi connectivity index (χ0n) is 32.0. The standard InChI is InChI=1S/C42H32Cl2F6N6O5S/c43-23-2-8-28(32(44)17-23)22-1-7-29-33(16-22)52-40(56(41(29)58)26-3-5-27(6-4-26)62(59,60)54-9-11-61-12-10-54)34(15-21-13-24(45)18-25(46)14-21)51-35(57)20-55-38-36(37(53-55)39(47)48)30-19-31(30)42(38,49)50/h1-8,13-14,16-18,30-31,34,39H,9-12,15,19-20H2,(H,51,57)/t30-,31?,34+/m1/s1. The average Bonchev–Trinajstić information content (AvgIpc) is 3.88. The maximum Gasteiger partial charge on any atom is 0.293 e. The summed E-state index contributed by atoms with van der Waals surface area (Å²) in [5.41, 5.74) is -1.47. The van der Waals surface area contributed by atoms with Gasteiger partial charge in [0.15, 0.2) is 0 Å². The van der Waals surface area contributed by atoms with Gasteiger partial charge >= 0.3 is 0 Å². The normalized spacial score (nSPS) is 18.8. The Labute approximate surface area is 358 Å². The van der Waals surface area contributed by atoms with Crippen molar-refractivity contribution in [1.82, 2.24) is 29.0 Å². The third-order valence-electron chi connectivity index (χ3n) is 11.3. The van der Waals surface area contributed by atoms with Crippen molar-refractivity contribution in [2.24, 2.45) is 5.92 Å². The van der Waals surface area contributed by atoms with Crippen LogP contribution in [0.15, 0.2) is 88.6 Å². The van der Waals surface area contributed by atoms with Crippen LogP contribution in [0.4, 0.5) is 26.3 Å². The number of carbonyl (C=O) groups is 1. The predicted octanol–water partition coefficient (Wildman–Crippen LogP) is 8.10. The van der Waals surface area contributed by atoms with Gasteiger partial charge in [-0.25, -0.2) is 31.0 Å². The van der Waals surface area contributed by atoms with Crippen LogP contribution in [-0.4, -0.2) is 64.3 Å². The van der Waals surface area contributed by atoms with Crippen LogP contribution in [-0.2, 0) is 38.4 Å². The molecular weight excluding hydrogens is 885 g/mol. The molecule has 2 fully saturated rings. The molecule has 6 aromatic rings. The van der Waals surface area contributed by atoms with Gasteiger partial charge in [0.1, 0.15) is 35.4 Å². The van der Waals surface area contributed by atoms with Gasteiger partial charge in [-0.2, -0.15) is 18.2 Å². The molecule has 11 nitrogen and oxygen atoms in total. The van der Waals surface area contributed by atoms with Crippen LogP contribution >= 0.6 is 23.2 Å². The smallest absolute Gasteiger partial charge is 0.293 e. The van der Waals surface area contributed by atoms with Crippen molar-refractivity contribution in [3.8, 4) is 16.8 Å². The summed E-state index contributed by atoms with van der Waals surface area (Å²) >= 11 is 12.7. The third kappa shape index (κ3) is 7.54. The lowest BCUT2D eigenvalue weighted by Crippen LogP contribution is -2.40. The SMILES string of the molecule is O=C(Cn1nc(C(F)F)c2c1C(F)(F)C1C[C@@H]21)N[C@@H](Cc1cc(F)cc(F)c1)c1nc2cc(-c3ccc(Cl)cc3Cl)ccc2c(=O)n1-c1ccc(S(=O)(=O)N2CCOCC2)cc1. The maximum absolute atomic E-state index is 15.5. The first kappa shape index (κ1) is 42.1. The van der Waals surface area contributed by atoms with Gasteiger partial charge in [-0.3, -0.25) is 18.8 Å². The van der Waals surface area contributed by atoms with Crippen molar-refractivity contribution < 1.29 is 44.3 Å². The van der Waals surface area contributed by atoms with Crippen molar-refractivity contribution in [3.63, 3.8) is 0 Å². The minimum atomic E-state index is -3.99. The molecule has 4 aromatic carbocycles. The Balaban J connectivity index is 1.19. The first-order valence-electron chi connectivity index (χ1n) is 19.2. The average molecular weight is 918 g/mol. The molecule has 0 radical (unpaired) electrons. The Morgan fingerprint density at radius 2 is 1.66 bits per heavy atom. The lowest BCUT2D eigenvalue weighted by atomic mass is 10.0. The Kier molecular flexibility index (Phi) is 10.7. The summed E-state index contributed by atoms with van der Waals surface area (Å²) in [5, 5.41) is 7.08. The Morgan fingerprint density at radius 1 is 0.952 bits per heavy atom. The molecule has 1 N–H and O–H groups in total. The van der Waals surface area contributed by atoms with E-state index in [1.807, 2.05) is 0 Å². The number of nitrogens with one attached hydrogen (secondary N) is 1. The number of alkyl halides is 4. The van der Waals surface area contributed by atoms with Gasteiger partial charge < -0.3 is 10.1 Å². The highest BCUT2D eigenvalue weighted by molar-refractivity contribution is 7.89. The Morgan fingerprint density at radius 3 is 2.34 bits per heavy atom. The molecule has 1 saturated carbocycles. The number of benzene rings is 4. The second kappa shape index (κ2) is 15.8. The molecule has 2 aromatic heterocycles. The van der Waals surface area contributed by atoms with Crippen molar-refractivity contribution in [2.45, 2.75) is 48.6 Å². The van der Waals surface area contributed by atoms with E-state index < -0.39 is 87.7 Å². The first-order chi connectivity index (χ1) is 29.5. The highest BCUT2D eigenvalue weighted by atomic mass is 35.5. The molecule has 20 heteroatoms. The van der Waals surface area contributed by atoms with Gasteiger partial charge in [-0.05, 0) is 84.1 Å². The summed E-state index contributed by atoms with van der Waals surface area (Å²) in [6.45, 7) is -0.322. The van der Waals surface area contributed by atoms with E-state index in [0.29, 0.717) is 26.9 Å². The highest BCUT2D eigenvalue weighted by Crippen LogP contribution is 2.68. The number of hydrogen-bond acceptors (Lipinski definition) is 7. The number of fused-ring (bicyclic) bond motifs is 4. The third-order valence-corrected chi connectivity index (χ3v) is 13.8. The minimum absolute atomic E-state index is 0.00110. The predicted molar refractivity (Wildman–Crippen MR) is 215 cm³/mol. The number of rotatable bonds is 11. The summed E-state index contributed by atoms with van der Waals surface area (Å²) in [6, 6.07) is 15.8. The van der Waals surface area contributed by atoms with Crippen LogP contribution in [0.25, 0.3) is 27.7 Å². The largest absolute Gasteiger partial charge is 0.379 e. The molecule has 3 atom stereocenters. The van der Waals surface area contributed by atoms with Crippen molar-refractivity contribution >= 4 is 50.0 Å². The van der Waals surface area contributed by atoms with E-state index in [1.54, 1.807) is 24.3 Å². The zero-order valence-corrected chi connectivity index (χ0v) is 34.3. The van der Waals surface area contributed by atoms with Gasteiger partial charge in [-0.1, -0.05) is 35.3 Å². The van der Waals surface area contributed by atoms with Crippen molar-refractivity contribution in [1.29, 1.82) is 0 Å². The van der Waals surface area contributed by atoms with Crippen LogP contribution in [0.1, 0.15) is 53.1 Å². The fourth-order valence-corrected chi connectivity index (χ4v) is 10.3. The van der Waals surface area contributed by atoms with E-state index in [1.165, 1.54) is 40.7 Å². The van der Waals surface area contributed by atoms with E-state index in [2.05, 4.69) is 10.4 Å². The maximum atomic E-state index is 15.5. The molecule has 1 amide bonds. The molecule has 9 rings (SSSR count). The van der Waals surface area contributed by atoms with Crippen LogP contribution in [0.2, 0.25) is 10.0 Å². The zero-order chi connectivity index (χ0) is 43.8. The lowest BCUT2D eigenvalue weighted by molar-refractivity contribution is -0.123. The minimum Gasteiger partial charge on any atom is -0.379 e. The molecular formula is C42H32Cl2F6N6O5S. The molecule has 1 unspecified atom stereocenters. The number of nitrogens with zero attached hydrogens (tertiary/aromatic N) is 5. The van der Waals surface area contributed by atoms with Crippen LogP contribution in [0.3, 0.4) is 0 Å². The molecule has 62 heavy (non-hydrogen) atoms. The van der Waals surface area contributed by atoms with Crippen molar-refractivity contribution in [2.75, 3.05) is 26.3 Å². The number of ether oxygens (including phenoxy) is 1. The summed E-state index contributed by atoms with van der Waals surface area (Å²) in [7, 11) is -3.99. The van der Waals surface area contributed by atoms with Crippen LogP contribution < -0.4 is 10.9 Å². The number of hydrogen-bond donors (Lipinski definition) is 1.